The first-order valence-electron chi connectivity index (χ1n) is 10.0. The summed E-state index contributed by atoms with van der Waals surface area (Å²) in [7, 11) is 0. The van der Waals surface area contributed by atoms with Crippen LogP contribution in [0.15, 0.2) is 48.5 Å². The Morgan fingerprint density at radius 3 is 2.63 bits per heavy atom. The number of hydrogen-bond acceptors (Lipinski definition) is 3. The standard InChI is InChI=1S/C23H22ClN3O3/c1-23-21-20(16-4-2-3-5-18(16)25-21)17(14-6-8-15(24)9-7-14)12-27(23)19(29)13-26(10-11-28)22(23)30/h2-9,17,25,28H,10-13H2,1H3/t17-,23-/m0/s1. The van der Waals surface area contributed by atoms with Gasteiger partial charge >= 0.3 is 0 Å². The quantitative estimate of drug-likeness (QED) is 0.680. The van der Waals surface area contributed by atoms with Crippen LogP contribution >= 0.6 is 11.6 Å². The highest BCUT2D eigenvalue weighted by molar-refractivity contribution is 6.30. The van der Waals surface area contributed by atoms with Gasteiger partial charge in [-0.05, 0) is 36.2 Å². The van der Waals surface area contributed by atoms with Gasteiger partial charge in [0.05, 0.1) is 18.8 Å². The Morgan fingerprint density at radius 1 is 1.17 bits per heavy atom. The molecule has 2 amide bonds. The van der Waals surface area contributed by atoms with Crippen LogP contribution in [0.5, 0.6) is 0 Å². The minimum absolute atomic E-state index is 0.0160. The van der Waals surface area contributed by atoms with E-state index in [1.165, 1.54) is 4.90 Å². The number of aliphatic hydroxyl groups excluding tert-OH is 1. The minimum Gasteiger partial charge on any atom is -0.395 e. The zero-order valence-electron chi connectivity index (χ0n) is 16.6. The van der Waals surface area contributed by atoms with E-state index < -0.39 is 5.54 Å². The Hall–Kier alpha value is -2.83. The highest BCUT2D eigenvalue weighted by Gasteiger charge is 2.56. The summed E-state index contributed by atoms with van der Waals surface area (Å²) in [6.07, 6.45) is 0. The number of aromatic amines is 1. The Labute approximate surface area is 179 Å². The van der Waals surface area contributed by atoms with Crippen LogP contribution in [0.25, 0.3) is 10.9 Å². The molecule has 0 bridgehead atoms. The van der Waals surface area contributed by atoms with Crippen LogP contribution < -0.4 is 0 Å². The van der Waals surface area contributed by atoms with Gasteiger partial charge in [-0.1, -0.05) is 41.9 Å². The van der Waals surface area contributed by atoms with Crippen LogP contribution in [0.4, 0.5) is 0 Å². The number of aromatic nitrogens is 1. The second-order valence-electron chi connectivity index (χ2n) is 8.09. The van der Waals surface area contributed by atoms with E-state index in [0.717, 1.165) is 27.7 Å². The third-order valence-corrected chi connectivity index (χ3v) is 6.71. The van der Waals surface area contributed by atoms with Crippen LogP contribution in [0.2, 0.25) is 5.02 Å². The van der Waals surface area contributed by atoms with E-state index in [2.05, 4.69) is 4.98 Å². The summed E-state index contributed by atoms with van der Waals surface area (Å²) in [4.78, 5) is 33.3. The number of benzene rings is 2. The number of β-amino-alcohol motifs (C(OH)–C–C–N with tert-alkyl or cyclic N) is 1. The average Bonchev–Trinajstić information content (AvgIpc) is 3.14. The van der Waals surface area contributed by atoms with E-state index in [4.69, 9.17) is 11.6 Å². The van der Waals surface area contributed by atoms with Gasteiger partial charge in [0.25, 0.3) is 5.91 Å². The summed E-state index contributed by atoms with van der Waals surface area (Å²) < 4.78 is 0. The Balaban J connectivity index is 1.76. The Kier molecular flexibility index (Phi) is 4.38. The molecule has 1 aromatic heterocycles. The van der Waals surface area contributed by atoms with E-state index in [1.807, 2.05) is 55.5 Å². The second-order valence-corrected chi connectivity index (χ2v) is 8.53. The average molecular weight is 424 g/mol. The number of carbonyl (C=O) groups excluding carboxylic acids is 2. The molecule has 0 unspecified atom stereocenters. The molecule has 0 saturated carbocycles. The number of H-pyrrole nitrogens is 1. The molecule has 0 radical (unpaired) electrons. The zero-order valence-corrected chi connectivity index (χ0v) is 17.3. The number of nitrogens with one attached hydrogen (secondary N) is 1. The van der Waals surface area contributed by atoms with Crippen molar-refractivity contribution in [2.45, 2.75) is 18.4 Å². The van der Waals surface area contributed by atoms with Crippen molar-refractivity contribution in [3.05, 3.63) is 70.4 Å². The zero-order chi connectivity index (χ0) is 21.0. The summed E-state index contributed by atoms with van der Waals surface area (Å²) in [5.41, 5.74) is 2.63. The second kappa shape index (κ2) is 6.86. The number of nitrogens with zero attached hydrogens (tertiary/aromatic N) is 2. The maximum absolute atomic E-state index is 13.5. The van der Waals surface area contributed by atoms with E-state index >= 15 is 0 Å². The van der Waals surface area contributed by atoms with Gasteiger partial charge < -0.3 is 19.9 Å². The fraction of sp³-hybridized carbons (Fsp3) is 0.304. The molecule has 30 heavy (non-hydrogen) atoms. The molecule has 1 fully saturated rings. The molecule has 5 rings (SSSR count). The predicted molar refractivity (Wildman–Crippen MR) is 114 cm³/mol. The van der Waals surface area contributed by atoms with Gasteiger partial charge in [0.2, 0.25) is 5.91 Å². The largest absolute Gasteiger partial charge is 0.395 e. The number of aliphatic hydroxyl groups is 1. The van der Waals surface area contributed by atoms with Gasteiger partial charge in [0.1, 0.15) is 0 Å². The van der Waals surface area contributed by atoms with Crippen molar-refractivity contribution < 1.29 is 14.7 Å². The molecular formula is C23H22ClN3O3. The highest BCUT2D eigenvalue weighted by atomic mass is 35.5. The van der Waals surface area contributed by atoms with Crippen molar-refractivity contribution in [3.8, 4) is 0 Å². The fourth-order valence-electron chi connectivity index (χ4n) is 4.97. The number of piperazine rings is 1. The first kappa shape index (κ1) is 19.2. The van der Waals surface area contributed by atoms with Crippen LogP contribution in [0.1, 0.15) is 29.7 Å². The molecule has 2 aliphatic heterocycles. The number of fused-ring (bicyclic) bond motifs is 5. The monoisotopic (exact) mass is 423 g/mol. The Bertz CT molecular complexity index is 1160. The SMILES string of the molecule is C[C@]12C(=O)N(CCO)CC(=O)N1C[C@@H](c1ccc(Cl)cc1)c1c2[nH]c2ccccc12. The molecule has 2 aliphatic rings. The van der Waals surface area contributed by atoms with Gasteiger partial charge in [0, 0.05) is 34.9 Å². The molecule has 2 N–H and O–H groups in total. The first-order valence-corrected chi connectivity index (χ1v) is 10.4. The summed E-state index contributed by atoms with van der Waals surface area (Å²) in [5, 5.41) is 11.1. The predicted octanol–water partition coefficient (Wildman–Crippen LogP) is 2.85. The van der Waals surface area contributed by atoms with Gasteiger partial charge in [-0.25, -0.2) is 0 Å². The topological polar surface area (TPSA) is 76.6 Å². The molecule has 0 aliphatic carbocycles. The molecule has 1 saturated heterocycles. The smallest absolute Gasteiger partial charge is 0.255 e. The molecule has 3 heterocycles. The van der Waals surface area contributed by atoms with Gasteiger partial charge in [0.15, 0.2) is 5.54 Å². The van der Waals surface area contributed by atoms with E-state index in [-0.39, 0.29) is 37.4 Å². The van der Waals surface area contributed by atoms with Crippen LogP contribution in [-0.4, -0.2) is 57.9 Å². The Morgan fingerprint density at radius 2 is 1.90 bits per heavy atom. The first-order chi connectivity index (χ1) is 14.4. The van der Waals surface area contributed by atoms with Crippen molar-refractivity contribution in [3.63, 3.8) is 0 Å². The summed E-state index contributed by atoms with van der Waals surface area (Å²) in [6.45, 7) is 2.16. The van der Waals surface area contributed by atoms with Crippen molar-refractivity contribution in [2.24, 2.45) is 0 Å². The number of hydrogen-bond donors (Lipinski definition) is 2. The summed E-state index contributed by atoms with van der Waals surface area (Å²) in [6, 6.07) is 15.6. The van der Waals surface area contributed by atoms with Gasteiger partial charge in [-0.3, -0.25) is 9.59 Å². The van der Waals surface area contributed by atoms with E-state index in [0.29, 0.717) is 11.6 Å². The summed E-state index contributed by atoms with van der Waals surface area (Å²) in [5.74, 6) is -0.366. The van der Waals surface area contributed by atoms with Crippen LogP contribution in [0, 0.1) is 0 Å². The van der Waals surface area contributed by atoms with Crippen molar-refractivity contribution in [1.29, 1.82) is 0 Å². The molecule has 3 aromatic rings. The molecule has 154 valence electrons. The van der Waals surface area contributed by atoms with Crippen molar-refractivity contribution in [1.82, 2.24) is 14.8 Å². The lowest BCUT2D eigenvalue weighted by atomic mass is 9.76. The van der Waals surface area contributed by atoms with Gasteiger partial charge in [-0.15, -0.1) is 0 Å². The maximum Gasteiger partial charge on any atom is 0.255 e. The van der Waals surface area contributed by atoms with Crippen molar-refractivity contribution >= 4 is 34.3 Å². The fourth-order valence-corrected chi connectivity index (χ4v) is 5.10. The summed E-state index contributed by atoms with van der Waals surface area (Å²) >= 11 is 6.10. The maximum atomic E-state index is 13.5. The number of rotatable bonds is 3. The minimum atomic E-state index is -1.14. The van der Waals surface area contributed by atoms with E-state index in [1.54, 1.807) is 4.90 Å². The number of para-hydroxylation sites is 1. The normalized spacial score (nSPS) is 23.6. The molecule has 7 heteroatoms. The van der Waals surface area contributed by atoms with Gasteiger partial charge in [-0.2, -0.15) is 0 Å². The molecule has 0 spiro atoms. The molecule has 2 atom stereocenters. The highest BCUT2D eigenvalue weighted by Crippen LogP contribution is 2.48. The van der Waals surface area contributed by atoms with E-state index in [9.17, 15) is 14.7 Å². The lowest BCUT2D eigenvalue weighted by molar-refractivity contribution is -0.166. The molecular weight excluding hydrogens is 402 g/mol. The number of amides is 2. The number of halogens is 1. The van der Waals surface area contributed by atoms with Crippen molar-refractivity contribution in [2.75, 3.05) is 26.2 Å². The lowest BCUT2D eigenvalue weighted by Gasteiger charge is -2.51. The molecule has 6 nitrogen and oxygen atoms in total. The molecule has 2 aromatic carbocycles. The number of carbonyl (C=O) groups is 2. The lowest BCUT2D eigenvalue weighted by Crippen LogP contribution is -2.67. The third-order valence-electron chi connectivity index (χ3n) is 6.46. The van der Waals surface area contributed by atoms with Crippen LogP contribution in [-0.2, 0) is 15.1 Å². The third kappa shape index (κ3) is 2.60. The van der Waals surface area contributed by atoms with Crippen LogP contribution in [0.3, 0.4) is 0 Å².